The number of carbonyl (C=O) groups excluding carboxylic acids is 1. The number of likely N-dealkylation sites (tertiary alicyclic amines) is 1. The first kappa shape index (κ1) is 13.4. The van der Waals surface area contributed by atoms with E-state index in [1.54, 1.807) is 4.31 Å². The minimum atomic E-state index is -3.17. The van der Waals surface area contributed by atoms with Gasteiger partial charge in [-0.2, -0.15) is 4.31 Å². The molecule has 1 saturated carbocycles. The normalized spacial score (nSPS) is 33.0. The topological polar surface area (TPSA) is 57.7 Å². The van der Waals surface area contributed by atoms with Gasteiger partial charge >= 0.3 is 0 Å². The standard InChI is InChI=1S/C13H22N2O3S/c1-19(17,18)15-9-3-7-13(15)6-2-8-14(10-13)12(16)11-4-5-11/h11H,2-10H2,1H3/t13-/m1/s1. The third-order valence-corrected chi connectivity index (χ3v) is 6.10. The highest BCUT2D eigenvalue weighted by molar-refractivity contribution is 7.88. The molecule has 108 valence electrons. The molecule has 2 heterocycles. The Morgan fingerprint density at radius 1 is 1.16 bits per heavy atom. The van der Waals surface area contributed by atoms with Crippen LogP contribution in [-0.4, -0.2) is 55.0 Å². The molecule has 0 N–H and O–H groups in total. The molecule has 2 aliphatic heterocycles. The highest BCUT2D eigenvalue weighted by atomic mass is 32.2. The van der Waals surface area contributed by atoms with E-state index in [1.807, 2.05) is 4.90 Å². The summed E-state index contributed by atoms with van der Waals surface area (Å²) in [6, 6.07) is 0. The smallest absolute Gasteiger partial charge is 0.225 e. The first-order valence-corrected chi connectivity index (χ1v) is 9.04. The second kappa shape index (κ2) is 4.45. The van der Waals surface area contributed by atoms with Crippen molar-refractivity contribution in [3.8, 4) is 0 Å². The number of sulfonamides is 1. The fourth-order valence-electron chi connectivity index (χ4n) is 3.73. The Labute approximate surface area is 115 Å². The summed E-state index contributed by atoms with van der Waals surface area (Å²) in [6.07, 6.45) is 6.95. The van der Waals surface area contributed by atoms with Crippen molar-refractivity contribution in [2.24, 2.45) is 5.92 Å². The van der Waals surface area contributed by atoms with Crippen molar-refractivity contribution in [3.05, 3.63) is 0 Å². The van der Waals surface area contributed by atoms with Crippen LogP contribution in [0.4, 0.5) is 0 Å². The van der Waals surface area contributed by atoms with Crippen LogP contribution in [0.3, 0.4) is 0 Å². The lowest BCUT2D eigenvalue weighted by Gasteiger charge is -2.44. The van der Waals surface area contributed by atoms with Gasteiger partial charge in [-0.1, -0.05) is 0 Å². The summed E-state index contributed by atoms with van der Waals surface area (Å²) in [5, 5.41) is 0. The van der Waals surface area contributed by atoms with Crippen LogP contribution >= 0.6 is 0 Å². The predicted molar refractivity (Wildman–Crippen MR) is 72.1 cm³/mol. The summed E-state index contributed by atoms with van der Waals surface area (Å²) in [4.78, 5) is 14.1. The molecular weight excluding hydrogens is 264 g/mol. The molecule has 2 saturated heterocycles. The van der Waals surface area contributed by atoms with Gasteiger partial charge in [-0.15, -0.1) is 0 Å². The molecule has 3 fully saturated rings. The van der Waals surface area contributed by atoms with Gasteiger partial charge in [0, 0.05) is 25.6 Å². The SMILES string of the molecule is CS(=O)(=O)N1CCC[C@@]12CCCN(C(=O)C1CC1)C2. The summed E-state index contributed by atoms with van der Waals surface area (Å²) in [5.41, 5.74) is -0.309. The minimum Gasteiger partial charge on any atom is -0.341 e. The molecular formula is C13H22N2O3S. The van der Waals surface area contributed by atoms with Crippen LogP contribution in [0.2, 0.25) is 0 Å². The summed E-state index contributed by atoms with van der Waals surface area (Å²) >= 11 is 0. The van der Waals surface area contributed by atoms with Gasteiger partial charge in [0.05, 0.1) is 11.8 Å². The lowest BCUT2D eigenvalue weighted by Crippen LogP contribution is -2.58. The molecule has 1 aliphatic carbocycles. The molecule has 19 heavy (non-hydrogen) atoms. The predicted octanol–water partition coefficient (Wildman–Crippen LogP) is 0.813. The molecule has 1 spiro atoms. The van der Waals surface area contributed by atoms with Gasteiger partial charge < -0.3 is 4.90 Å². The molecule has 0 radical (unpaired) electrons. The van der Waals surface area contributed by atoms with Gasteiger partial charge in [-0.05, 0) is 38.5 Å². The van der Waals surface area contributed by atoms with Crippen molar-refractivity contribution in [1.82, 2.24) is 9.21 Å². The zero-order chi connectivity index (χ0) is 13.7. The monoisotopic (exact) mass is 286 g/mol. The summed E-state index contributed by atoms with van der Waals surface area (Å²) in [6.45, 7) is 2.02. The molecule has 5 nitrogen and oxygen atoms in total. The van der Waals surface area contributed by atoms with Gasteiger partial charge in [-0.25, -0.2) is 8.42 Å². The van der Waals surface area contributed by atoms with E-state index in [-0.39, 0.29) is 17.4 Å². The molecule has 3 rings (SSSR count). The number of amides is 1. The Bertz CT molecular complexity index is 486. The van der Waals surface area contributed by atoms with Crippen LogP contribution in [-0.2, 0) is 14.8 Å². The van der Waals surface area contributed by atoms with Gasteiger partial charge in [0.2, 0.25) is 15.9 Å². The number of carbonyl (C=O) groups is 1. The summed E-state index contributed by atoms with van der Waals surface area (Å²) in [7, 11) is -3.17. The summed E-state index contributed by atoms with van der Waals surface area (Å²) < 4.78 is 25.6. The van der Waals surface area contributed by atoms with Gasteiger partial charge in [-0.3, -0.25) is 4.79 Å². The zero-order valence-electron chi connectivity index (χ0n) is 11.5. The van der Waals surface area contributed by atoms with E-state index in [9.17, 15) is 13.2 Å². The number of rotatable bonds is 2. The molecule has 0 bridgehead atoms. The first-order valence-electron chi connectivity index (χ1n) is 7.19. The van der Waals surface area contributed by atoms with E-state index < -0.39 is 10.0 Å². The van der Waals surface area contributed by atoms with E-state index in [0.29, 0.717) is 13.1 Å². The fraction of sp³-hybridized carbons (Fsp3) is 0.923. The van der Waals surface area contributed by atoms with E-state index in [2.05, 4.69) is 0 Å². The highest BCUT2D eigenvalue weighted by Crippen LogP contribution is 2.40. The van der Waals surface area contributed by atoms with E-state index in [4.69, 9.17) is 0 Å². The second-order valence-corrected chi connectivity index (χ2v) is 8.21. The third-order valence-electron chi connectivity index (χ3n) is 4.73. The van der Waals surface area contributed by atoms with Crippen molar-refractivity contribution in [1.29, 1.82) is 0 Å². The zero-order valence-corrected chi connectivity index (χ0v) is 12.3. The third kappa shape index (κ3) is 2.40. The molecule has 0 aromatic rings. The van der Waals surface area contributed by atoms with E-state index in [0.717, 1.165) is 45.1 Å². The quantitative estimate of drug-likeness (QED) is 0.755. The minimum absolute atomic E-state index is 0.225. The molecule has 6 heteroatoms. The maximum atomic E-state index is 12.2. The molecule has 1 amide bonds. The van der Waals surface area contributed by atoms with Crippen LogP contribution in [0.25, 0.3) is 0 Å². The molecule has 1 atom stereocenters. The maximum Gasteiger partial charge on any atom is 0.225 e. The summed E-state index contributed by atoms with van der Waals surface area (Å²) in [5.74, 6) is 0.475. The second-order valence-electron chi connectivity index (χ2n) is 6.30. The number of hydrogen-bond acceptors (Lipinski definition) is 3. The molecule has 0 unspecified atom stereocenters. The van der Waals surface area contributed by atoms with Crippen molar-refractivity contribution in [2.75, 3.05) is 25.9 Å². The Morgan fingerprint density at radius 3 is 2.37 bits per heavy atom. The average Bonchev–Trinajstić information content (AvgIpc) is 3.11. The van der Waals surface area contributed by atoms with Gasteiger partial charge in [0.25, 0.3) is 0 Å². The molecule has 3 aliphatic rings. The lowest BCUT2D eigenvalue weighted by atomic mass is 9.87. The lowest BCUT2D eigenvalue weighted by molar-refractivity contribution is -0.135. The number of piperidine rings is 1. The van der Waals surface area contributed by atoms with Gasteiger partial charge in [0.1, 0.15) is 0 Å². The number of nitrogens with zero attached hydrogens (tertiary/aromatic N) is 2. The fourth-order valence-corrected chi connectivity index (χ4v) is 5.13. The highest BCUT2D eigenvalue weighted by Gasteiger charge is 2.49. The maximum absolute atomic E-state index is 12.2. The van der Waals surface area contributed by atoms with E-state index >= 15 is 0 Å². The van der Waals surface area contributed by atoms with Crippen LogP contribution in [0.1, 0.15) is 38.5 Å². The van der Waals surface area contributed by atoms with Crippen molar-refractivity contribution >= 4 is 15.9 Å². The largest absolute Gasteiger partial charge is 0.341 e. The molecule has 0 aromatic carbocycles. The van der Waals surface area contributed by atoms with Crippen LogP contribution in [0.5, 0.6) is 0 Å². The van der Waals surface area contributed by atoms with E-state index in [1.165, 1.54) is 6.26 Å². The first-order chi connectivity index (χ1) is 8.92. The Hall–Kier alpha value is -0.620. The van der Waals surface area contributed by atoms with Crippen LogP contribution < -0.4 is 0 Å². The molecule has 0 aromatic heterocycles. The average molecular weight is 286 g/mol. The van der Waals surface area contributed by atoms with Crippen LogP contribution in [0, 0.1) is 5.92 Å². The van der Waals surface area contributed by atoms with Crippen molar-refractivity contribution in [3.63, 3.8) is 0 Å². The van der Waals surface area contributed by atoms with Crippen LogP contribution in [0.15, 0.2) is 0 Å². The number of hydrogen-bond donors (Lipinski definition) is 0. The Balaban J connectivity index is 1.81. The van der Waals surface area contributed by atoms with Crippen molar-refractivity contribution in [2.45, 2.75) is 44.1 Å². The Kier molecular flexibility index (Phi) is 3.13. The Morgan fingerprint density at radius 2 is 1.79 bits per heavy atom. The van der Waals surface area contributed by atoms with Crippen molar-refractivity contribution < 1.29 is 13.2 Å². The van der Waals surface area contributed by atoms with Gasteiger partial charge in [0.15, 0.2) is 0 Å².